The summed E-state index contributed by atoms with van der Waals surface area (Å²) in [6.45, 7) is 2.12. The Kier molecular flexibility index (Phi) is 5.34. The molecule has 2 amide bonds. The molecule has 25 heavy (non-hydrogen) atoms. The smallest absolute Gasteiger partial charge is 0.266 e. The van der Waals surface area contributed by atoms with Crippen LogP contribution in [0.3, 0.4) is 0 Å². The van der Waals surface area contributed by atoms with E-state index in [2.05, 4.69) is 10.5 Å². The Hall–Kier alpha value is -2.39. The summed E-state index contributed by atoms with van der Waals surface area (Å²) in [5.74, 6) is 1.25. The van der Waals surface area contributed by atoms with Gasteiger partial charge in [0.25, 0.3) is 5.91 Å². The van der Waals surface area contributed by atoms with E-state index in [1.165, 1.54) is 16.7 Å². The topological polar surface area (TPSA) is 88.6 Å². The van der Waals surface area contributed by atoms with Crippen LogP contribution in [0.4, 0.5) is 5.82 Å². The molecule has 1 N–H and O–H groups in total. The maximum Gasteiger partial charge on any atom is 0.266 e. The Labute approximate surface area is 153 Å². The molecule has 0 radical (unpaired) electrons. The van der Waals surface area contributed by atoms with E-state index in [-0.39, 0.29) is 18.2 Å². The summed E-state index contributed by atoms with van der Waals surface area (Å²) < 4.78 is 10.6. The Morgan fingerprint density at radius 3 is 3.04 bits per heavy atom. The van der Waals surface area contributed by atoms with E-state index in [1.54, 1.807) is 37.5 Å². The fraction of sp³-hybridized carbons (Fsp3) is 0.250. The summed E-state index contributed by atoms with van der Waals surface area (Å²) in [7, 11) is 0. The maximum atomic E-state index is 12.4. The number of carbonyl (C=O) groups is 2. The largest absolute Gasteiger partial charge is 0.465 e. The molecule has 7 nitrogen and oxygen atoms in total. The molecular formula is C16H15N3O4S2. The number of anilines is 1. The van der Waals surface area contributed by atoms with E-state index in [4.69, 9.17) is 21.2 Å². The lowest BCUT2D eigenvalue weighted by Crippen LogP contribution is -2.29. The highest BCUT2D eigenvalue weighted by molar-refractivity contribution is 8.26. The van der Waals surface area contributed by atoms with Crippen molar-refractivity contribution in [3.8, 4) is 0 Å². The highest BCUT2D eigenvalue weighted by Crippen LogP contribution is 2.32. The molecule has 3 heterocycles. The minimum atomic E-state index is -0.190. The highest BCUT2D eigenvalue weighted by atomic mass is 32.2. The van der Waals surface area contributed by atoms with Crippen LogP contribution < -0.4 is 5.32 Å². The average Bonchev–Trinajstić information content (AvgIpc) is 3.26. The highest BCUT2D eigenvalue weighted by Gasteiger charge is 2.31. The van der Waals surface area contributed by atoms with Crippen molar-refractivity contribution < 1.29 is 18.5 Å². The minimum absolute atomic E-state index is 0.168. The standard InChI is InChI=1S/C16H15N3O4S2/c1-10-8-13(18-23-10)17-14(20)5-2-6-19-15(21)12(25-16(19)24)9-11-4-3-7-22-11/h3-4,7-9H,2,5-6H2,1H3,(H,17,18,20). The molecule has 0 atom stereocenters. The number of furan rings is 1. The molecule has 1 saturated heterocycles. The quantitative estimate of drug-likeness (QED) is 0.611. The van der Waals surface area contributed by atoms with Gasteiger partial charge in [-0.1, -0.05) is 29.1 Å². The van der Waals surface area contributed by atoms with Gasteiger partial charge >= 0.3 is 0 Å². The zero-order valence-electron chi connectivity index (χ0n) is 13.4. The Morgan fingerprint density at radius 2 is 2.36 bits per heavy atom. The van der Waals surface area contributed by atoms with Crippen molar-refractivity contribution >= 4 is 52.0 Å². The van der Waals surface area contributed by atoms with E-state index >= 15 is 0 Å². The molecule has 130 valence electrons. The van der Waals surface area contributed by atoms with Crippen molar-refractivity contribution in [1.29, 1.82) is 0 Å². The zero-order valence-corrected chi connectivity index (χ0v) is 15.0. The number of aryl methyl sites for hydroxylation is 1. The maximum absolute atomic E-state index is 12.4. The summed E-state index contributed by atoms with van der Waals surface area (Å²) in [6.07, 6.45) is 3.95. The summed E-state index contributed by atoms with van der Waals surface area (Å²) in [4.78, 5) is 26.3. The van der Waals surface area contributed by atoms with Crippen LogP contribution in [0.25, 0.3) is 6.08 Å². The molecule has 1 aliphatic heterocycles. The lowest BCUT2D eigenvalue weighted by Gasteiger charge is -2.13. The second-order valence-corrected chi connectivity index (χ2v) is 7.00. The van der Waals surface area contributed by atoms with Gasteiger partial charge in [-0.05, 0) is 25.5 Å². The van der Waals surface area contributed by atoms with Crippen molar-refractivity contribution in [2.75, 3.05) is 11.9 Å². The van der Waals surface area contributed by atoms with Crippen LogP contribution in [0, 0.1) is 6.92 Å². The van der Waals surface area contributed by atoms with Crippen LogP contribution >= 0.6 is 24.0 Å². The van der Waals surface area contributed by atoms with Crippen molar-refractivity contribution in [2.24, 2.45) is 0 Å². The van der Waals surface area contributed by atoms with Crippen molar-refractivity contribution in [2.45, 2.75) is 19.8 Å². The molecule has 0 saturated carbocycles. The Bertz CT molecular complexity index is 826. The van der Waals surface area contributed by atoms with Gasteiger partial charge in [0.1, 0.15) is 15.8 Å². The molecule has 2 aromatic rings. The van der Waals surface area contributed by atoms with Gasteiger partial charge in [-0.2, -0.15) is 0 Å². The SMILES string of the molecule is Cc1cc(NC(=O)CCCN2C(=O)C(=Cc3ccco3)SC2=S)no1. The molecule has 1 aliphatic rings. The van der Waals surface area contributed by atoms with Gasteiger partial charge in [-0.15, -0.1) is 0 Å². The first-order chi connectivity index (χ1) is 12.0. The molecule has 0 bridgehead atoms. The third kappa shape index (κ3) is 4.37. The van der Waals surface area contributed by atoms with Gasteiger partial charge in [-0.25, -0.2) is 0 Å². The number of thioether (sulfide) groups is 1. The number of hydrogen-bond donors (Lipinski definition) is 1. The van der Waals surface area contributed by atoms with Gasteiger partial charge in [0.2, 0.25) is 5.91 Å². The second-order valence-electron chi connectivity index (χ2n) is 5.32. The van der Waals surface area contributed by atoms with Gasteiger partial charge in [-0.3, -0.25) is 14.5 Å². The van der Waals surface area contributed by atoms with Gasteiger partial charge < -0.3 is 14.3 Å². The first-order valence-electron chi connectivity index (χ1n) is 7.55. The molecule has 0 aliphatic carbocycles. The summed E-state index contributed by atoms with van der Waals surface area (Å²) >= 11 is 6.48. The lowest BCUT2D eigenvalue weighted by atomic mass is 10.2. The molecule has 0 unspecified atom stereocenters. The number of amides is 2. The van der Waals surface area contributed by atoms with Crippen LogP contribution in [0.2, 0.25) is 0 Å². The zero-order chi connectivity index (χ0) is 17.8. The average molecular weight is 377 g/mol. The van der Waals surface area contributed by atoms with Gasteiger partial charge in [0.15, 0.2) is 5.82 Å². The van der Waals surface area contributed by atoms with E-state index in [0.29, 0.717) is 39.5 Å². The van der Waals surface area contributed by atoms with E-state index in [9.17, 15) is 9.59 Å². The van der Waals surface area contributed by atoms with Gasteiger partial charge in [0, 0.05) is 25.1 Å². The number of nitrogens with zero attached hydrogens (tertiary/aromatic N) is 2. The summed E-state index contributed by atoms with van der Waals surface area (Å²) in [5.41, 5.74) is 0. The first kappa shape index (κ1) is 17.4. The number of aromatic nitrogens is 1. The molecule has 2 aromatic heterocycles. The molecule has 3 rings (SSSR count). The molecule has 0 spiro atoms. The van der Waals surface area contributed by atoms with Crippen LogP contribution in [-0.2, 0) is 9.59 Å². The molecule has 0 aromatic carbocycles. The van der Waals surface area contributed by atoms with E-state index in [0.717, 1.165) is 0 Å². The minimum Gasteiger partial charge on any atom is -0.465 e. The number of thiocarbonyl (C=S) groups is 1. The molecule has 9 heteroatoms. The number of rotatable bonds is 6. The van der Waals surface area contributed by atoms with Crippen molar-refractivity contribution in [3.63, 3.8) is 0 Å². The molecular weight excluding hydrogens is 362 g/mol. The number of nitrogens with one attached hydrogen (secondary N) is 1. The first-order valence-corrected chi connectivity index (χ1v) is 8.77. The van der Waals surface area contributed by atoms with Crippen LogP contribution in [0.1, 0.15) is 24.4 Å². The third-order valence-corrected chi connectivity index (χ3v) is 4.75. The number of carbonyl (C=O) groups excluding carboxylic acids is 2. The van der Waals surface area contributed by atoms with Crippen LogP contribution in [0.5, 0.6) is 0 Å². The van der Waals surface area contributed by atoms with Crippen LogP contribution in [-0.4, -0.2) is 32.7 Å². The lowest BCUT2D eigenvalue weighted by molar-refractivity contribution is -0.122. The van der Waals surface area contributed by atoms with Crippen molar-refractivity contribution in [1.82, 2.24) is 10.1 Å². The Morgan fingerprint density at radius 1 is 1.52 bits per heavy atom. The number of hydrogen-bond acceptors (Lipinski definition) is 7. The van der Waals surface area contributed by atoms with E-state index < -0.39 is 0 Å². The second kappa shape index (κ2) is 7.66. The third-order valence-electron chi connectivity index (χ3n) is 3.37. The summed E-state index contributed by atoms with van der Waals surface area (Å²) in [6, 6.07) is 5.16. The van der Waals surface area contributed by atoms with Crippen LogP contribution in [0.15, 0.2) is 38.3 Å². The summed E-state index contributed by atoms with van der Waals surface area (Å²) in [5, 5.41) is 6.34. The Balaban J connectivity index is 1.50. The van der Waals surface area contributed by atoms with E-state index in [1.807, 2.05) is 0 Å². The fourth-order valence-corrected chi connectivity index (χ4v) is 3.51. The monoisotopic (exact) mass is 377 g/mol. The molecule has 1 fully saturated rings. The fourth-order valence-electron chi connectivity index (χ4n) is 2.22. The van der Waals surface area contributed by atoms with Crippen molar-refractivity contribution in [3.05, 3.63) is 40.9 Å². The predicted octanol–water partition coefficient (Wildman–Crippen LogP) is 3.20. The predicted molar refractivity (Wildman–Crippen MR) is 97.7 cm³/mol. The van der Waals surface area contributed by atoms with Gasteiger partial charge in [0.05, 0.1) is 11.2 Å². The normalized spacial score (nSPS) is 16.0.